The molecule has 1 fully saturated rings. The molecular formula is C18H22ClN3O4. The van der Waals surface area contributed by atoms with Gasteiger partial charge in [0.05, 0.1) is 11.8 Å². The van der Waals surface area contributed by atoms with E-state index in [4.69, 9.17) is 21.2 Å². The number of hydrogen-bond donors (Lipinski definition) is 2. The second-order valence-corrected chi connectivity index (χ2v) is 6.89. The zero-order valence-corrected chi connectivity index (χ0v) is 15.3. The van der Waals surface area contributed by atoms with Gasteiger partial charge in [0.1, 0.15) is 6.04 Å². The van der Waals surface area contributed by atoms with Crippen molar-refractivity contribution in [1.82, 2.24) is 10.6 Å². The summed E-state index contributed by atoms with van der Waals surface area (Å²) in [7, 11) is 0. The number of hydrogen-bond acceptors (Lipinski definition) is 5. The highest BCUT2D eigenvalue weighted by Gasteiger charge is 2.30. The van der Waals surface area contributed by atoms with E-state index in [-0.39, 0.29) is 17.9 Å². The Bertz CT molecular complexity index is 686. The van der Waals surface area contributed by atoms with E-state index in [9.17, 15) is 9.59 Å². The van der Waals surface area contributed by atoms with Crippen molar-refractivity contribution in [1.29, 1.82) is 0 Å². The quantitative estimate of drug-likeness (QED) is 0.786. The SMILES string of the molecule is CC(NC(=O)C1CC(c2ccc(Cl)cc2)=NO1)C(=O)NCC1CCCO1. The normalized spacial score (nSPS) is 23.1. The fourth-order valence-corrected chi connectivity index (χ4v) is 3.00. The smallest absolute Gasteiger partial charge is 0.264 e. The van der Waals surface area contributed by atoms with E-state index in [1.54, 1.807) is 19.1 Å². The van der Waals surface area contributed by atoms with E-state index in [1.807, 2.05) is 12.1 Å². The Balaban J connectivity index is 1.44. The molecular weight excluding hydrogens is 358 g/mol. The summed E-state index contributed by atoms with van der Waals surface area (Å²) in [5.41, 5.74) is 1.53. The molecule has 8 heteroatoms. The van der Waals surface area contributed by atoms with Crippen LogP contribution in [0.2, 0.25) is 5.02 Å². The molecule has 2 N–H and O–H groups in total. The number of oxime groups is 1. The molecule has 0 aromatic heterocycles. The van der Waals surface area contributed by atoms with Crippen LogP contribution in [0.1, 0.15) is 31.7 Å². The van der Waals surface area contributed by atoms with Gasteiger partial charge in [-0.15, -0.1) is 0 Å². The van der Waals surface area contributed by atoms with Crippen LogP contribution in [-0.4, -0.2) is 48.9 Å². The zero-order valence-electron chi connectivity index (χ0n) is 14.5. The summed E-state index contributed by atoms with van der Waals surface area (Å²) >= 11 is 5.87. The highest BCUT2D eigenvalue weighted by Crippen LogP contribution is 2.19. The highest BCUT2D eigenvalue weighted by atomic mass is 35.5. The molecule has 1 aromatic carbocycles. The van der Waals surface area contributed by atoms with Crippen molar-refractivity contribution >= 4 is 29.1 Å². The minimum atomic E-state index is -0.742. The van der Waals surface area contributed by atoms with Gasteiger partial charge in [0, 0.05) is 24.6 Å². The zero-order chi connectivity index (χ0) is 18.5. The van der Waals surface area contributed by atoms with Gasteiger partial charge in [-0.3, -0.25) is 9.59 Å². The van der Waals surface area contributed by atoms with Crippen LogP contribution in [0, 0.1) is 0 Å². The predicted molar refractivity (Wildman–Crippen MR) is 97.1 cm³/mol. The molecule has 1 aromatic rings. The van der Waals surface area contributed by atoms with Gasteiger partial charge in [-0.25, -0.2) is 0 Å². The second kappa shape index (κ2) is 8.51. The minimum absolute atomic E-state index is 0.0651. The first-order chi connectivity index (χ1) is 12.5. The van der Waals surface area contributed by atoms with Gasteiger partial charge >= 0.3 is 0 Å². The Hall–Kier alpha value is -2.12. The molecule has 3 atom stereocenters. The van der Waals surface area contributed by atoms with Crippen LogP contribution in [0.4, 0.5) is 0 Å². The number of amides is 2. The van der Waals surface area contributed by atoms with Crippen LogP contribution in [0.5, 0.6) is 0 Å². The predicted octanol–water partition coefficient (Wildman–Crippen LogP) is 1.63. The highest BCUT2D eigenvalue weighted by molar-refractivity contribution is 6.30. The Labute approximate surface area is 157 Å². The van der Waals surface area contributed by atoms with Crippen molar-refractivity contribution < 1.29 is 19.2 Å². The van der Waals surface area contributed by atoms with Crippen LogP contribution >= 0.6 is 11.6 Å². The van der Waals surface area contributed by atoms with Crippen LogP contribution in [0.25, 0.3) is 0 Å². The van der Waals surface area contributed by atoms with Crippen molar-refractivity contribution in [3.8, 4) is 0 Å². The van der Waals surface area contributed by atoms with Gasteiger partial charge in [0.25, 0.3) is 5.91 Å². The first kappa shape index (κ1) is 18.7. The number of nitrogens with zero attached hydrogens (tertiary/aromatic N) is 1. The number of carbonyl (C=O) groups is 2. The van der Waals surface area contributed by atoms with Gasteiger partial charge in [0.2, 0.25) is 12.0 Å². The van der Waals surface area contributed by atoms with Gasteiger partial charge in [-0.2, -0.15) is 0 Å². The maximum atomic E-state index is 12.3. The van der Waals surface area contributed by atoms with E-state index in [2.05, 4.69) is 15.8 Å². The third-order valence-corrected chi connectivity index (χ3v) is 4.67. The molecule has 0 bridgehead atoms. The Morgan fingerprint density at radius 3 is 2.81 bits per heavy atom. The summed E-state index contributed by atoms with van der Waals surface area (Å²) < 4.78 is 5.46. The van der Waals surface area contributed by atoms with Crippen LogP contribution in [0.15, 0.2) is 29.4 Å². The average molecular weight is 380 g/mol. The van der Waals surface area contributed by atoms with E-state index in [0.717, 1.165) is 25.0 Å². The van der Waals surface area contributed by atoms with Gasteiger partial charge in [0.15, 0.2) is 0 Å². The molecule has 2 aliphatic rings. The molecule has 26 heavy (non-hydrogen) atoms. The molecule has 140 valence electrons. The number of halogens is 1. The Morgan fingerprint density at radius 1 is 1.35 bits per heavy atom. The van der Waals surface area contributed by atoms with Crippen molar-refractivity contribution in [3.05, 3.63) is 34.9 Å². The first-order valence-electron chi connectivity index (χ1n) is 8.71. The van der Waals surface area contributed by atoms with Gasteiger partial charge in [-0.1, -0.05) is 28.9 Å². The van der Waals surface area contributed by atoms with E-state index < -0.39 is 12.1 Å². The first-order valence-corrected chi connectivity index (χ1v) is 9.09. The Kier molecular flexibility index (Phi) is 6.11. The molecule has 2 amide bonds. The summed E-state index contributed by atoms with van der Waals surface area (Å²) in [6, 6.07) is 6.51. The molecule has 2 heterocycles. The van der Waals surface area contributed by atoms with Crippen molar-refractivity contribution in [2.24, 2.45) is 5.16 Å². The molecule has 7 nitrogen and oxygen atoms in total. The number of benzene rings is 1. The van der Waals surface area contributed by atoms with Crippen LogP contribution in [0.3, 0.4) is 0 Å². The largest absolute Gasteiger partial charge is 0.382 e. The van der Waals surface area contributed by atoms with Crippen molar-refractivity contribution in [2.75, 3.05) is 13.2 Å². The standard InChI is InChI=1S/C18H22ClN3O4/c1-11(17(23)20-10-14-3-2-8-25-14)21-18(24)16-9-15(22-26-16)12-4-6-13(19)7-5-12/h4-7,11,14,16H,2-3,8-10H2,1H3,(H,20,23)(H,21,24). The molecule has 0 radical (unpaired) electrons. The van der Waals surface area contributed by atoms with E-state index >= 15 is 0 Å². The third kappa shape index (κ3) is 4.74. The second-order valence-electron chi connectivity index (χ2n) is 6.45. The number of nitrogens with one attached hydrogen (secondary N) is 2. The van der Waals surface area contributed by atoms with E-state index in [0.29, 0.717) is 23.7 Å². The van der Waals surface area contributed by atoms with Crippen LogP contribution in [-0.2, 0) is 19.2 Å². The van der Waals surface area contributed by atoms with Gasteiger partial charge < -0.3 is 20.2 Å². The monoisotopic (exact) mass is 379 g/mol. The lowest BCUT2D eigenvalue weighted by atomic mass is 10.0. The summed E-state index contributed by atoms with van der Waals surface area (Å²) in [6.07, 6.45) is 1.63. The van der Waals surface area contributed by atoms with Crippen molar-refractivity contribution in [3.63, 3.8) is 0 Å². The fourth-order valence-electron chi connectivity index (χ4n) is 2.88. The lowest BCUT2D eigenvalue weighted by Crippen LogP contribution is -2.49. The molecule has 2 aliphatic heterocycles. The molecule has 0 saturated carbocycles. The summed E-state index contributed by atoms with van der Waals surface area (Å²) in [5, 5.41) is 10.1. The topological polar surface area (TPSA) is 89.0 Å². The maximum Gasteiger partial charge on any atom is 0.264 e. The number of carbonyl (C=O) groups excluding carboxylic acids is 2. The van der Waals surface area contributed by atoms with Gasteiger partial charge in [-0.05, 0) is 37.5 Å². The lowest BCUT2D eigenvalue weighted by molar-refractivity contribution is -0.135. The minimum Gasteiger partial charge on any atom is -0.382 e. The number of rotatable bonds is 6. The average Bonchev–Trinajstić information content (AvgIpc) is 3.32. The number of ether oxygens (including phenoxy) is 1. The van der Waals surface area contributed by atoms with Crippen molar-refractivity contribution in [2.45, 2.75) is 44.4 Å². The molecule has 3 unspecified atom stereocenters. The molecule has 1 saturated heterocycles. The lowest BCUT2D eigenvalue weighted by Gasteiger charge is -2.17. The van der Waals surface area contributed by atoms with E-state index in [1.165, 1.54) is 0 Å². The molecule has 0 spiro atoms. The Morgan fingerprint density at radius 2 is 2.12 bits per heavy atom. The van der Waals surface area contributed by atoms with Crippen LogP contribution < -0.4 is 10.6 Å². The maximum absolute atomic E-state index is 12.3. The molecule has 0 aliphatic carbocycles. The molecule has 3 rings (SSSR count). The summed E-state index contributed by atoms with van der Waals surface area (Å²) in [5.74, 6) is -0.608. The summed E-state index contributed by atoms with van der Waals surface area (Å²) in [6.45, 7) is 2.84. The fraction of sp³-hybridized carbons (Fsp3) is 0.500. The third-order valence-electron chi connectivity index (χ3n) is 4.42. The summed E-state index contributed by atoms with van der Waals surface area (Å²) in [4.78, 5) is 29.6.